The molecule has 2 heterocycles. The van der Waals surface area contributed by atoms with Crippen molar-refractivity contribution >= 4 is 34.1 Å². The molecule has 0 bridgehead atoms. The molecule has 0 aliphatic rings. The number of aromatic nitrogens is 2. The van der Waals surface area contributed by atoms with Gasteiger partial charge in [-0.05, 0) is 35.7 Å². The Hall–Kier alpha value is -3.77. The van der Waals surface area contributed by atoms with E-state index in [0.29, 0.717) is 24.5 Å². The number of benzene rings is 3. The van der Waals surface area contributed by atoms with Gasteiger partial charge >= 0.3 is 0 Å². The summed E-state index contributed by atoms with van der Waals surface area (Å²) >= 11 is 1.61. The molecule has 0 radical (unpaired) electrons. The van der Waals surface area contributed by atoms with Crippen LogP contribution in [0.15, 0.2) is 102 Å². The molecular weight excluding hydrogens is 430 g/mol. The molecule has 0 fully saturated rings. The predicted octanol–water partition coefficient (Wildman–Crippen LogP) is 5.59. The Morgan fingerprint density at radius 2 is 1.76 bits per heavy atom. The van der Waals surface area contributed by atoms with Gasteiger partial charge in [-0.25, -0.2) is 4.98 Å². The lowest BCUT2D eigenvalue weighted by atomic mass is 10.1. The minimum atomic E-state index is -0.102. The third kappa shape index (κ3) is 4.86. The number of imidazole rings is 1. The molecule has 5 aromatic rings. The fourth-order valence-electron chi connectivity index (χ4n) is 3.73. The normalized spacial score (nSPS) is 11.0. The van der Waals surface area contributed by atoms with Crippen molar-refractivity contribution in [3.8, 4) is 5.75 Å². The summed E-state index contributed by atoms with van der Waals surface area (Å²) in [6, 6.07) is 27.7. The molecule has 0 aliphatic carbocycles. The molecule has 0 aliphatic heterocycles. The van der Waals surface area contributed by atoms with Crippen molar-refractivity contribution in [3.05, 3.63) is 109 Å². The van der Waals surface area contributed by atoms with Crippen LogP contribution >= 0.6 is 11.8 Å². The van der Waals surface area contributed by atoms with E-state index in [9.17, 15) is 4.79 Å². The number of thioether (sulfide) groups is 1. The number of rotatable bonds is 8. The number of fused-ring (bicyclic) bond motifs is 2. The minimum absolute atomic E-state index is 0.102. The van der Waals surface area contributed by atoms with Gasteiger partial charge in [-0.15, -0.1) is 11.8 Å². The van der Waals surface area contributed by atoms with Gasteiger partial charge in [0, 0.05) is 28.4 Å². The largest absolute Gasteiger partial charge is 0.491 e. The van der Waals surface area contributed by atoms with Gasteiger partial charge in [0.2, 0.25) is 0 Å². The first-order valence-electron chi connectivity index (χ1n) is 10.8. The predicted molar refractivity (Wildman–Crippen MR) is 133 cm³/mol. The number of hydrogen-bond acceptors (Lipinski definition) is 4. The summed E-state index contributed by atoms with van der Waals surface area (Å²) < 4.78 is 7.94. The Balaban J connectivity index is 1.18. The Bertz CT molecular complexity index is 1370. The molecule has 1 amide bonds. The number of hydrogen-bond donors (Lipinski definition) is 1. The van der Waals surface area contributed by atoms with E-state index in [4.69, 9.17) is 4.74 Å². The number of pyridine rings is 1. The van der Waals surface area contributed by atoms with Crippen LogP contribution in [0.5, 0.6) is 5.75 Å². The molecule has 164 valence electrons. The van der Waals surface area contributed by atoms with Gasteiger partial charge in [0.15, 0.2) is 0 Å². The maximum Gasteiger partial charge on any atom is 0.252 e. The summed E-state index contributed by atoms with van der Waals surface area (Å²) in [5, 5.41) is 5.18. The smallest absolute Gasteiger partial charge is 0.252 e. The van der Waals surface area contributed by atoms with E-state index in [0.717, 1.165) is 32.8 Å². The highest BCUT2D eigenvalue weighted by atomic mass is 32.2. The van der Waals surface area contributed by atoms with E-state index in [2.05, 4.69) is 22.4 Å². The average Bonchev–Trinajstić information content (AvgIpc) is 3.28. The summed E-state index contributed by atoms with van der Waals surface area (Å²) in [5.41, 5.74) is 2.56. The van der Waals surface area contributed by atoms with Crippen LogP contribution in [0.1, 0.15) is 16.1 Å². The maximum absolute atomic E-state index is 12.8. The number of carbonyl (C=O) groups excluding carboxylic acids is 1. The topological polar surface area (TPSA) is 55.6 Å². The first kappa shape index (κ1) is 21.1. The van der Waals surface area contributed by atoms with Crippen molar-refractivity contribution < 1.29 is 9.53 Å². The van der Waals surface area contributed by atoms with Crippen LogP contribution in [-0.4, -0.2) is 28.4 Å². The summed E-state index contributed by atoms with van der Waals surface area (Å²) in [6.45, 7) is 0.823. The van der Waals surface area contributed by atoms with Crippen LogP contribution in [0.4, 0.5) is 0 Å². The van der Waals surface area contributed by atoms with E-state index in [-0.39, 0.29) is 5.91 Å². The van der Waals surface area contributed by atoms with Gasteiger partial charge in [-0.3, -0.25) is 4.79 Å². The highest BCUT2D eigenvalue weighted by Gasteiger charge is 2.12. The first-order chi connectivity index (χ1) is 16.3. The van der Waals surface area contributed by atoms with Crippen LogP contribution in [-0.2, 0) is 5.75 Å². The Labute approximate surface area is 196 Å². The maximum atomic E-state index is 12.8. The second kappa shape index (κ2) is 9.79. The zero-order chi connectivity index (χ0) is 22.5. The second-order valence-corrected chi connectivity index (χ2v) is 8.58. The van der Waals surface area contributed by atoms with Crippen LogP contribution < -0.4 is 10.1 Å². The van der Waals surface area contributed by atoms with Crippen LogP contribution in [0.2, 0.25) is 0 Å². The Morgan fingerprint density at radius 3 is 2.70 bits per heavy atom. The van der Waals surface area contributed by atoms with Crippen molar-refractivity contribution in [2.75, 3.05) is 13.2 Å². The zero-order valence-corrected chi connectivity index (χ0v) is 18.8. The summed E-state index contributed by atoms with van der Waals surface area (Å²) in [6.07, 6.45) is 4.01. The molecule has 2 aromatic heterocycles. The Morgan fingerprint density at radius 1 is 0.939 bits per heavy atom. The monoisotopic (exact) mass is 453 g/mol. The standard InChI is InChI=1S/C27H23N3O2S/c31-27(28-15-17-32-24-12-7-9-20-8-1-2-10-22(20)24)23-11-3-4-13-25(23)33-19-21-18-30-16-6-5-14-26(30)29-21/h1-14,16,18H,15,17,19H2,(H,28,31). The van der Waals surface area contributed by atoms with Crippen molar-refractivity contribution in [1.29, 1.82) is 0 Å². The van der Waals surface area contributed by atoms with E-state index in [1.54, 1.807) is 11.8 Å². The third-order valence-electron chi connectivity index (χ3n) is 5.32. The molecular formula is C27H23N3O2S. The number of nitrogens with one attached hydrogen (secondary N) is 1. The summed E-state index contributed by atoms with van der Waals surface area (Å²) in [4.78, 5) is 18.4. The molecule has 6 heteroatoms. The molecule has 5 nitrogen and oxygen atoms in total. The fourth-order valence-corrected chi connectivity index (χ4v) is 4.66. The minimum Gasteiger partial charge on any atom is -0.491 e. The average molecular weight is 454 g/mol. The second-order valence-electron chi connectivity index (χ2n) is 7.56. The molecule has 5 rings (SSSR count). The van der Waals surface area contributed by atoms with E-state index >= 15 is 0 Å². The van der Waals surface area contributed by atoms with Gasteiger partial charge in [-0.1, -0.05) is 54.6 Å². The quantitative estimate of drug-likeness (QED) is 0.246. The molecule has 0 saturated heterocycles. The highest BCUT2D eigenvalue weighted by Crippen LogP contribution is 2.27. The van der Waals surface area contributed by atoms with Crippen molar-refractivity contribution in [1.82, 2.24) is 14.7 Å². The van der Waals surface area contributed by atoms with E-state index in [1.807, 2.05) is 89.6 Å². The molecule has 3 aromatic carbocycles. The molecule has 1 N–H and O–H groups in total. The third-order valence-corrected chi connectivity index (χ3v) is 6.42. The van der Waals surface area contributed by atoms with Gasteiger partial charge < -0.3 is 14.5 Å². The number of nitrogens with zero attached hydrogens (tertiary/aromatic N) is 2. The van der Waals surface area contributed by atoms with Crippen molar-refractivity contribution in [2.45, 2.75) is 10.6 Å². The summed E-state index contributed by atoms with van der Waals surface area (Å²) in [7, 11) is 0. The summed E-state index contributed by atoms with van der Waals surface area (Å²) in [5.74, 6) is 1.41. The highest BCUT2D eigenvalue weighted by molar-refractivity contribution is 7.98. The van der Waals surface area contributed by atoms with Gasteiger partial charge in [0.1, 0.15) is 18.0 Å². The number of carbonyl (C=O) groups is 1. The SMILES string of the molecule is O=C(NCCOc1cccc2ccccc12)c1ccccc1SCc1cn2ccccc2n1. The van der Waals surface area contributed by atoms with E-state index < -0.39 is 0 Å². The van der Waals surface area contributed by atoms with Crippen molar-refractivity contribution in [2.24, 2.45) is 0 Å². The molecule has 0 saturated carbocycles. The van der Waals surface area contributed by atoms with Crippen LogP contribution in [0, 0.1) is 0 Å². The van der Waals surface area contributed by atoms with Crippen molar-refractivity contribution in [3.63, 3.8) is 0 Å². The molecule has 33 heavy (non-hydrogen) atoms. The zero-order valence-electron chi connectivity index (χ0n) is 18.0. The van der Waals surface area contributed by atoms with Crippen LogP contribution in [0.25, 0.3) is 16.4 Å². The lowest BCUT2D eigenvalue weighted by Gasteiger charge is -2.11. The fraction of sp³-hybridized carbons (Fsp3) is 0.111. The lowest BCUT2D eigenvalue weighted by Crippen LogP contribution is -2.28. The van der Waals surface area contributed by atoms with Gasteiger partial charge in [0.25, 0.3) is 5.91 Å². The number of amides is 1. The Kier molecular flexibility index (Phi) is 6.26. The molecule has 0 spiro atoms. The van der Waals surface area contributed by atoms with Crippen LogP contribution in [0.3, 0.4) is 0 Å². The molecule has 0 atom stereocenters. The number of ether oxygens (including phenoxy) is 1. The van der Waals surface area contributed by atoms with Gasteiger partial charge in [-0.2, -0.15) is 0 Å². The van der Waals surface area contributed by atoms with Gasteiger partial charge in [0.05, 0.1) is 17.8 Å². The molecule has 0 unspecified atom stereocenters. The lowest BCUT2D eigenvalue weighted by molar-refractivity contribution is 0.0944. The van der Waals surface area contributed by atoms with E-state index in [1.165, 1.54) is 0 Å². The first-order valence-corrected chi connectivity index (χ1v) is 11.8.